The fourth-order valence-electron chi connectivity index (χ4n) is 8.65. The maximum absolute atomic E-state index is 14.5. The molecule has 13 atom stereocenters. The number of aliphatic imine (C=N–C) groups is 1. The van der Waals surface area contributed by atoms with E-state index in [4.69, 9.17) is 28.4 Å². The molecule has 0 saturated carbocycles. The van der Waals surface area contributed by atoms with Crippen molar-refractivity contribution in [2.45, 2.75) is 129 Å². The molecule has 1 amide bonds. The van der Waals surface area contributed by atoms with Crippen molar-refractivity contribution < 1.29 is 53.0 Å². The quantitative estimate of drug-likeness (QED) is 0.273. The van der Waals surface area contributed by atoms with E-state index in [-0.39, 0.29) is 44.8 Å². The van der Waals surface area contributed by atoms with Gasteiger partial charge in [-0.1, -0.05) is 76.3 Å². The lowest BCUT2D eigenvalue weighted by Crippen LogP contribution is -2.60. The molecule has 3 fully saturated rings. The number of amides is 1. The second-order valence-corrected chi connectivity index (χ2v) is 16.8. The third kappa shape index (κ3) is 11.3. The number of nitrogens with zero attached hydrogens (tertiary/aromatic N) is 2. The normalized spacial score (nSPS) is 39.2. The Balaban J connectivity index is 1.99. The Labute approximate surface area is 338 Å². The number of cyclic esters (lactones) is 1. The number of hydrogen-bond donors (Lipinski definition) is 2. The maximum atomic E-state index is 14.5. The number of carbonyl (C=O) groups excluding carboxylic acids is 3. The van der Waals surface area contributed by atoms with Crippen molar-refractivity contribution in [1.29, 1.82) is 0 Å². The van der Waals surface area contributed by atoms with Crippen molar-refractivity contribution in [1.82, 2.24) is 4.90 Å². The lowest BCUT2D eigenvalue weighted by atomic mass is 9.73. The Morgan fingerprint density at radius 1 is 1.05 bits per heavy atom. The van der Waals surface area contributed by atoms with Crippen LogP contribution in [-0.2, 0) is 42.8 Å². The third-order valence-corrected chi connectivity index (χ3v) is 11.8. The number of benzene rings is 1. The van der Waals surface area contributed by atoms with Crippen LogP contribution in [0.1, 0.15) is 80.2 Å². The summed E-state index contributed by atoms with van der Waals surface area (Å²) in [5, 5.41) is 24.1. The number of fused-ring (bicyclic) bond motifs is 5. The molecule has 1 aromatic carbocycles. The number of hydrogen-bond acceptors (Lipinski definition) is 12. The van der Waals surface area contributed by atoms with Crippen LogP contribution in [0.15, 0.2) is 53.0 Å². The third-order valence-electron chi connectivity index (χ3n) is 11.8. The standard InChI is InChI=1S/C44H66N2O11/c1-12-34-44(8,51)40-28(4)36(45-35(47)25-52-11)26(2)22-43(7,54-24-32(23-53-40)20-16-19-31-17-14-13-15-18-31)39(29(5)37(48)30(6)41(50)56-34)57-42-38(49)33(46(9)10)21-27(3)55-42/h13-20,26-30,33-34,38-40,42,49,51H,12,21-25H2,1-11H3/b19-16+,32-20-,45-36?/t26?,27-,28?,29+,30-,33+,34+,38?,39?,40?,42+,43-,44-/m1/s1. The molecule has 5 unspecified atom stereocenters. The summed E-state index contributed by atoms with van der Waals surface area (Å²) in [5.41, 5.74) is -1.05. The lowest BCUT2D eigenvalue weighted by molar-refractivity contribution is -0.296. The highest BCUT2D eigenvalue weighted by Crippen LogP contribution is 2.40. The van der Waals surface area contributed by atoms with Gasteiger partial charge in [-0.25, -0.2) is 4.99 Å². The SMILES string of the molecule is CC[C@@H]1OC(=O)[C@H](C)C(=O)[C@H](C)C(O[C@@H]2O[C@H](C)C[C@H](N(C)C)C2O)[C@@]2(C)CC(C)C(=NC(=O)COC)C(C)C(OC/C(=C/C=C/c3ccccc3)CO2)[C@]1(C)O. The van der Waals surface area contributed by atoms with Gasteiger partial charge in [-0.3, -0.25) is 14.4 Å². The van der Waals surface area contributed by atoms with E-state index >= 15 is 0 Å². The monoisotopic (exact) mass is 798 g/mol. The number of allylic oxidation sites excluding steroid dienone is 2. The van der Waals surface area contributed by atoms with Gasteiger partial charge in [0.15, 0.2) is 12.1 Å². The first kappa shape index (κ1) is 46.5. The number of aliphatic hydroxyl groups is 2. The van der Waals surface area contributed by atoms with Crippen LogP contribution in [0.3, 0.4) is 0 Å². The maximum Gasteiger partial charge on any atom is 0.316 e. The number of esters is 1. The molecule has 13 heteroatoms. The minimum atomic E-state index is -1.81. The van der Waals surface area contributed by atoms with Crippen LogP contribution in [0, 0.1) is 23.7 Å². The van der Waals surface area contributed by atoms with E-state index in [2.05, 4.69) is 4.99 Å². The van der Waals surface area contributed by atoms with Gasteiger partial charge in [0, 0.05) is 30.7 Å². The van der Waals surface area contributed by atoms with E-state index in [1.54, 1.807) is 20.8 Å². The van der Waals surface area contributed by atoms with Gasteiger partial charge in [0.2, 0.25) is 0 Å². The summed E-state index contributed by atoms with van der Waals surface area (Å²) < 4.78 is 37.9. The molecular weight excluding hydrogens is 732 g/mol. The number of rotatable bonds is 8. The summed E-state index contributed by atoms with van der Waals surface area (Å²) in [7, 11) is 5.17. The summed E-state index contributed by atoms with van der Waals surface area (Å²) in [6.45, 7) is 13.7. The van der Waals surface area contributed by atoms with Crippen LogP contribution in [0.25, 0.3) is 6.08 Å². The minimum absolute atomic E-state index is 0.0126. The molecule has 3 aliphatic rings. The second-order valence-electron chi connectivity index (χ2n) is 16.8. The van der Waals surface area contributed by atoms with Gasteiger partial charge in [0.25, 0.3) is 5.91 Å². The predicted molar refractivity (Wildman–Crippen MR) is 216 cm³/mol. The zero-order chi connectivity index (χ0) is 42.2. The number of aliphatic hydroxyl groups excluding tert-OH is 1. The average Bonchev–Trinajstić information content (AvgIpc) is 3.17. The van der Waals surface area contributed by atoms with Crippen molar-refractivity contribution in [3.05, 3.63) is 53.6 Å². The molecule has 318 valence electrons. The molecule has 0 spiro atoms. The first-order chi connectivity index (χ1) is 26.8. The van der Waals surface area contributed by atoms with E-state index in [1.165, 1.54) is 14.0 Å². The zero-order valence-electron chi connectivity index (χ0n) is 35.7. The molecule has 3 aliphatic heterocycles. The smallest absolute Gasteiger partial charge is 0.316 e. The Hall–Kier alpha value is -3.14. The highest BCUT2D eigenvalue weighted by atomic mass is 16.7. The Morgan fingerprint density at radius 2 is 1.74 bits per heavy atom. The van der Waals surface area contributed by atoms with Gasteiger partial charge in [-0.05, 0) is 78.1 Å². The number of Topliss-reactive ketones (excluding diaryl/α,β-unsaturated/α-hetero) is 1. The lowest BCUT2D eigenvalue weighted by Gasteiger charge is -2.47. The average molecular weight is 799 g/mol. The molecule has 3 heterocycles. The molecule has 0 aliphatic carbocycles. The van der Waals surface area contributed by atoms with E-state index < -0.39 is 83.2 Å². The number of methoxy groups -OCH3 is 1. The highest BCUT2D eigenvalue weighted by molar-refractivity contribution is 6.00. The molecule has 2 bridgehead atoms. The minimum Gasteiger partial charge on any atom is -0.459 e. The summed E-state index contributed by atoms with van der Waals surface area (Å²) in [4.78, 5) is 48.1. The number of carbonyl (C=O) groups is 3. The van der Waals surface area contributed by atoms with Crippen LogP contribution in [0.5, 0.6) is 0 Å². The van der Waals surface area contributed by atoms with Crippen LogP contribution >= 0.6 is 0 Å². The topological polar surface area (TPSA) is 163 Å². The second kappa shape index (κ2) is 20.2. The van der Waals surface area contributed by atoms with Gasteiger partial charge >= 0.3 is 5.97 Å². The summed E-state index contributed by atoms with van der Waals surface area (Å²) in [6.07, 6.45) is 0.914. The van der Waals surface area contributed by atoms with Crippen LogP contribution in [-0.4, -0.2) is 134 Å². The molecule has 57 heavy (non-hydrogen) atoms. The molecule has 0 aromatic heterocycles. The Kier molecular flexibility index (Phi) is 16.5. The molecule has 3 saturated heterocycles. The summed E-state index contributed by atoms with van der Waals surface area (Å²) in [6, 6.07) is 9.50. The van der Waals surface area contributed by atoms with Gasteiger partial charge in [-0.2, -0.15) is 0 Å². The van der Waals surface area contributed by atoms with Gasteiger partial charge < -0.3 is 43.5 Å². The van der Waals surface area contributed by atoms with E-state index in [0.29, 0.717) is 17.7 Å². The molecule has 4 rings (SSSR count). The molecule has 0 radical (unpaired) electrons. The van der Waals surface area contributed by atoms with Crippen LogP contribution < -0.4 is 0 Å². The molecule has 13 nitrogen and oxygen atoms in total. The van der Waals surface area contributed by atoms with Gasteiger partial charge in [-0.15, -0.1) is 0 Å². The van der Waals surface area contributed by atoms with Crippen molar-refractivity contribution in [2.24, 2.45) is 28.7 Å². The van der Waals surface area contributed by atoms with Crippen LogP contribution in [0.2, 0.25) is 0 Å². The van der Waals surface area contributed by atoms with Crippen molar-refractivity contribution >= 4 is 29.4 Å². The molecule has 2 N–H and O–H groups in total. The molecular formula is C44H66N2O11. The van der Waals surface area contributed by atoms with Crippen LogP contribution in [0.4, 0.5) is 0 Å². The van der Waals surface area contributed by atoms with E-state index in [0.717, 1.165) is 5.56 Å². The predicted octanol–water partition coefficient (Wildman–Crippen LogP) is 4.82. The van der Waals surface area contributed by atoms with Crippen molar-refractivity contribution in [3.8, 4) is 0 Å². The fourth-order valence-corrected chi connectivity index (χ4v) is 8.65. The fraction of sp³-hybridized carbons (Fsp3) is 0.682. The summed E-state index contributed by atoms with van der Waals surface area (Å²) >= 11 is 0. The first-order valence-electron chi connectivity index (χ1n) is 20.2. The Bertz CT molecular complexity index is 1610. The van der Waals surface area contributed by atoms with Crippen molar-refractivity contribution in [3.63, 3.8) is 0 Å². The zero-order valence-corrected chi connectivity index (χ0v) is 35.7. The number of ether oxygens (including phenoxy) is 6. The largest absolute Gasteiger partial charge is 0.459 e. The molecule has 1 aromatic rings. The number of ketones is 1. The highest BCUT2D eigenvalue weighted by Gasteiger charge is 2.53. The van der Waals surface area contributed by atoms with Gasteiger partial charge in [0.05, 0.1) is 37.1 Å². The van der Waals surface area contributed by atoms with Gasteiger partial charge in [0.1, 0.15) is 30.3 Å². The van der Waals surface area contributed by atoms with E-state index in [9.17, 15) is 24.6 Å². The van der Waals surface area contributed by atoms with Crippen molar-refractivity contribution in [2.75, 3.05) is 41.0 Å². The Morgan fingerprint density at radius 3 is 2.37 bits per heavy atom. The summed E-state index contributed by atoms with van der Waals surface area (Å²) in [5.74, 6) is -5.25. The van der Waals surface area contributed by atoms with E-state index in [1.807, 2.05) is 95.3 Å². The first-order valence-corrected chi connectivity index (χ1v) is 20.2. The number of likely N-dealkylation sites (N-methyl/N-ethyl adjacent to an activating group) is 1.